The Kier molecular flexibility index (Phi) is 2.67. The molecule has 0 aliphatic carbocycles. The Labute approximate surface area is 112 Å². The molecule has 0 N–H and O–H groups in total. The number of nitrogens with zero attached hydrogens (tertiary/aromatic N) is 4. The van der Waals surface area contributed by atoms with Gasteiger partial charge in [0.2, 0.25) is 5.65 Å². The molecule has 0 saturated heterocycles. The second kappa shape index (κ2) is 4.37. The topological polar surface area (TPSA) is 73.3 Å². The third-order valence-electron chi connectivity index (χ3n) is 2.83. The number of fused-ring (bicyclic) bond motifs is 1. The van der Waals surface area contributed by atoms with Crippen molar-refractivity contribution in [2.45, 2.75) is 6.92 Å². The van der Waals surface area contributed by atoms with E-state index in [1.165, 1.54) is 28.8 Å². The minimum absolute atomic E-state index is 0.125. The van der Waals surface area contributed by atoms with Crippen molar-refractivity contribution in [3.8, 4) is 11.4 Å². The van der Waals surface area contributed by atoms with Gasteiger partial charge < -0.3 is 0 Å². The van der Waals surface area contributed by atoms with Crippen LogP contribution in [0.5, 0.6) is 0 Å². The van der Waals surface area contributed by atoms with Crippen molar-refractivity contribution in [1.82, 2.24) is 14.6 Å². The number of hydrogen-bond donors (Lipinski definition) is 0. The van der Waals surface area contributed by atoms with Gasteiger partial charge in [-0.15, -0.1) is 5.10 Å². The SMILES string of the molecule is Cc1cc([N+](=O)[O-])c2nc(-c3cccc(F)c3)nn2c1. The van der Waals surface area contributed by atoms with E-state index < -0.39 is 10.7 Å². The molecule has 3 aromatic rings. The van der Waals surface area contributed by atoms with Crippen LogP contribution in [0.25, 0.3) is 17.0 Å². The van der Waals surface area contributed by atoms with Gasteiger partial charge in [0.05, 0.1) is 4.92 Å². The molecule has 0 unspecified atom stereocenters. The molecule has 100 valence electrons. The first-order chi connectivity index (χ1) is 9.54. The number of aryl methyl sites for hydroxylation is 1. The maximum Gasteiger partial charge on any atom is 0.314 e. The minimum Gasteiger partial charge on any atom is -0.258 e. The first kappa shape index (κ1) is 12.2. The highest BCUT2D eigenvalue weighted by Crippen LogP contribution is 2.23. The molecular formula is C13H9FN4O2. The summed E-state index contributed by atoms with van der Waals surface area (Å²) in [6.07, 6.45) is 1.64. The van der Waals surface area contributed by atoms with E-state index in [1.807, 2.05) is 0 Å². The molecule has 0 amide bonds. The molecule has 20 heavy (non-hydrogen) atoms. The molecule has 0 fully saturated rings. The van der Waals surface area contributed by atoms with Crippen LogP contribution in [0.15, 0.2) is 36.5 Å². The second-order valence-electron chi connectivity index (χ2n) is 4.37. The first-order valence-electron chi connectivity index (χ1n) is 5.82. The molecule has 0 spiro atoms. The van der Waals surface area contributed by atoms with Crippen molar-refractivity contribution in [3.05, 3.63) is 58.0 Å². The Morgan fingerprint density at radius 2 is 2.15 bits per heavy atom. The van der Waals surface area contributed by atoms with Crippen molar-refractivity contribution in [3.63, 3.8) is 0 Å². The monoisotopic (exact) mass is 272 g/mol. The summed E-state index contributed by atoms with van der Waals surface area (Å²) in [6, 6.07) is 7.21. The van der Waals surface area contributed by atoms with Gasteiger partial charge in [-0.2, -0.15) is 0 Å². The van der Waals surface area contributed by atoms with Gasteiger partial charge in [0.1, 0.15) is 5.82 Å². The summed E-state index contributed by atoms with van der Waals surface area (Å²) in [5, 5.41) is 15.2. The molecule has 0 aliphatic heterocycles. The number of benzene rings is 1. The second-order valence-corrected chi connectivity index (χ2v) is 4.37. The van der Waals surface area contributed by atoms with Crippen LogP contribution in [-0.2, 0) is 0 Å². The lowest BCUT2D eigenvalue weighted by atomic mass is 10.2. The summed E-state index contributed by atoms with van der Waals surface area (Å²) in [5.74, 6) is -0.162. The van der Waals surface area contributed by atoms with E-state index in [1.54, 1.807) is 19.2 Å². The van der Waals surface area contributed by atoms with Crippen molar-refractivity contribution in [1.29, 1.82) is 0 Å². The highest BCUT2D eigenvalue weighted by Gasteiger charge is 2.18. The normalized spacial score (nSPS) is 10.9. The van der Waals surface area contributed by atoms with E-state index in [0.29, 0.717) is 11.1 Å². The van der Waals surface area contributed by atoms with E-state index in [4.69, 9.17) is 0 Å². The molecule has 6 nitrogen and oxygen atoms in total. The molecular weight excluding hydrogens is 263 g/mol. The Balaban J connectivity index is 2.25. The van der Waals surface area contributed by atoms with Gasteiger partial charge in [-0.05, 0) is 24.6 Å². The number of rotatable bonds is 2. The maximum atomic E-state index is 13.2. The number of hydrogen-bond acceptors (Lipinski definition) is 4. The average Bonchev–Trinajstić information content (AvgIpc) is 2.81. The summed E-state index contributed by atoms with van der Waals surface area (Å²) in [4.78, 5) is 14.7. The van der Waals surface area contributed by atoms with Crippen LogP contribution in [0.1, 0.15) is 5.56 Å². The van der Waals surface area contributed by atoms with Crippen molar-refractivity contribution < 1.29 is 9.31 Å². The fraction of sp³-hybridized carbons (Fsp3) is 0.0769. The Hall–Kier alpha value is -2.83. The van der Waals surface area contributed by atoms with E-state index in [0.717, 1.165) is 0 Å². The largest absolute Gasteiger partial charge is 0.314 e. The molecule has 7 heteroatoms. The summed E-state index contributed by atoms with van der Waals surface area (Å²) < 4.78 is 14.6. The summed E-state index contributed by atoms with van der Waals surface area (Å²) in [6.45, 7) is 1.73. The van der Waals surface area contributed by atoms with E-state index >= 15 is 0 Å². The minimum atomic E-state index is -0.508. The van der Waals surface area contributed by atoms with Gasteiger partial charge >= 0.3 is 5.69 Å². The lowest BCUT2D eigenvalue weighted by Crippen LogP contribution is -1.96. The first-order valence-corrected chi connectivity index (χ1v) is 5.82. The van der Waals surface area contributed by atoms with E-state index in [9.17, 15) is 14.5 Å². The predicted molar refractivity (Wildman–Crippen MR) is 69.8 cm³/mol. The smallest absolute Gasteiger partial charge is 0.258 e. The van der Waals surface area contributed by atoms with Gasteiger partial charge in [0.25, 0.3) is 0 Å². The number of pyridine rings is 1. The molecule has 2 aromatic heterocycles. The van der Waals surface area contributed by atoms with Crippen molar-refractivity contribution >= 4 is 11.3 Å². The molecule has 2 heterocycles. The third-order valence-corrected chi connectivity index (χ3v) is 2.83. The van der Waals surface area contributed by atoms with Gasteiger partial charge in [-0.25, -0.2) is 13.9 Å². The van der Waals surface area contributed by atoms with Gasteiger partial charge in [-0.3, -0.25) is 10.1 Å². The zero-order valence-corrected chi connectivity index (χ0v) is 10.4. The van der Waals surface area contributed by atoms with Crippen molar-refractivity contribution in [2.75, 3.05) is 0 Å². The lowest BCUT2D eigenvalue weighted by Gasteiger charge is -1.95. The average molecular weight is 272 g/mol. The zero-order valence-electron chi connectivity index (χ0n) is 10.4. The molecule has 0 bridgehead atoms. The summed E-state index contributed by atoms with van der Waals surface area (Å²) in [5.41, 5.74) is 1.18. The van der Waals surface area contributed by atoms with Gasteiger partial charge in [0, 0.05) is 17.8 Å². The maximum absolute atomic E-state index is 13.2. The van der Waals surface area contributed by atoms with Crippen LogP contribution in [0.2, 0.25) is 0 Å². The predicted octanol–water partition coefficient (Wildman–Crippen LogP) is 2.75. The summed E-state index contributed by atoms with van der Waals surface area (Å²) >= 11 is 0. The number of halogens is 1. The highest BCUT2D eigenvalue weighted by molar-refractivity contribution is 5.65. The quantitative estimate of drug-likeness (QED) is 0.531. The number of aromatic nitrogens is 3. The number of nitro groups is 1. The van der Waals surface area contributed by atoms with Crippen LogP contribution in [0, 0.1) is 22.9 Å². The van der Waals surface area contributed by atoms with E-state index in [2.05, 4.69) is 10.1 Å². The van der Waals surface area contributed by atoms with Crippen LogP contribution in [0.3, 0.4) is 0 Å². The van der Waals surface area contributed by atoms with Crippen LogP contribution < -0.4 is 0 Å². The zero-order chi connectivity index (χ0) is 14.3. The molecule has 0 aliphatic rings. The van der Waals surface area contributed by atoms with Crippen LogP contribution in [-0.4, -0.2) is 19.5 Å². The molecule has 3 rings (SSSR count). The standard InChI is InChI=1S/C13H9FN4O2/c1-8-5-11(18(19)20)13-15-12(16-17(13)7-8)9-3-2-4-10(14)6-9/h2-7H,1H3. The van der Waals surface area contributed by atoms with Crippen LogP contribution in [0.4, 0.5) is 10.1 Å². The third kappa shape index (κ3) is 1.99. The molecule has 0 atom stereocenters. The fourth-order valence-electron chi connectivity index (χ4n) is 1.98. The Morgan fingerprint density at radius 3 is 2.85 bits per heavy atom. The lowest BCUT2D eigenvalue weighted by molar-refractivity contribution is -0.383. The highest BCUT2D eigenvalue weighted by atomic mass is 19.1. The van der Waals surface area contributed by atoms with Gasteiger partial charge in [0.15, 0.2) is 5.82 Å². The molecule has 1 aromatic carbocycles. The Morgan fingerprint density at radius 1 is 1.35 bits per heavy atom. The Bertz CT molecular complexity index is 828. The molecule has 0 radical (unpaired) electrons. The van der Waals surface area contributed by atoms with Crippen molar-refractivity contribution in [2.24, 2.45) is 0 Å². The van der Waals surface area contributed by atoms with Gasteiger partial charge in [-0.1, -0.05) is 12.1 Å². The van der Waals surface area contributed by atoms with Crippen LogP contribution >= 0.6 is 0 Å². The fourth-order valence-corrected chi connectivity index (χ4v) is 1.98. The molecule has 0 saturated carbocycles. The summed E-state index contributed by atoms with van der Waals surface area (Å²) in [7, 11) is 0. The van der Waals surface area contributed by atoms with E-state index in [-0.39, 0.29) is 17.2 Å².